The molecule has 0 aliphatic heterocycles. The van der Waals surface area contributed by atoms with Gasteiger partial charge in [-0.25, -0.2) is 8.42 Å². The molecule has 0 amide bonds. The summed E-state index contributed by atoms with van der Waals surface area (Å²) < 4.78 is 21.8. The summed E-state index contributed by atoms with van der Waals surface area (Å²) in [5.74, 6) is 0.300. The van der Waals surface area contributed by atoms with Gasteiger partial charge in [-0.2, -0.15) is 0 Å². The van der Waals surface area contributed by atoms with Gasteiger partial charge in [-0.15, -0.1) is 0 Å². The summed E-state index contributed by atoms with van der Waals surface area (Å²) in [7, 11) is -2.92. The van der Waals surface area contributed by atoms with Crippen LogP contribution >= 0.6 is 0 Å². The van der Waals surface area contributed by atoms with Crippen LogP contribution in [0.5, 0.6) is 0 Å². The number of rotatable bonds is 6. The molecule has 0 bridgehead atoms. The minimum Gasteiger partial charge on any atom is -0.299 e. The molecule has 92 valence electrons. The Bertz CT molecular complexity index is 366. The lowest BCUT2D eigenvalue weighted by atomic mass is 9.95. The van der Waals surface area contributed by atoms with Gasteiger partial charge in [0.15, 0.2) is 0 Å². The summed E-state index contributed by atoms with van der Waals surface area (Å²) in [4.78, 5) is 11.6. The molecule has 0 saturated heterocycles. The number of allylic oxidation sites excluding steroid dienone is 2. The molecular formula is C12H20O3S. The summed E-state index contributed by atoms with van der Waals surface area (Å²) in [6.07, 6.45) is 9.30. The zero-order valence-corrected chi connectivity index (χ0v) is 10.7. The molecule has 0 aromatic heterocycles. The van der Waals surface area contributed by atoms with Crippen LogP contribution in [0.3, 0.4) is 0 Å². The lowest BCUT2D eigenvalue weighted by molar-refractivity contribution is -0.118. The molecule has 4 heteroatoms. The van der Waals surface area contributed by atoms with E-state index in [-0.39, 0.29) is 11.5 Å². The number of sulfone groups is 1. The van der Waals surface area contributed by atoms with E-state index < -0.39 is 9.84 Å². The van der Waals surface area contributed by atoms with Gasteiger partial charge in [0.25, 0.3) is 0 Å². The predicted octanol–water partition coefficient (Wildman–Crippen LogP) is 2.27. The number of Topliss-reactive ketones (excluding diaryl/α,β-unsaturated/α-hetero) is 1. The van der Waals surface area contributed by atoms with Gasteiger partial charge in [-0.1, -0.05) is 11.6 Å². The van der Waals surface area contributed by atoms with Crippen LogP contribution in [0.4, 0.5) is 0 Å². The topological polar surface area (TPSA) is 51.2 Å². The molecule has 0 aromatic carbocycles. The minimum atomic E-state index is -2.92. The highest BCUT2D eigenvalue weighted by molar-refractivity contribution is 7.90. The molecule has 0 atom stereocenters. The minimum absolute atomic E-state index is 0.123. The summed E-state index contributed by atoms with van der Waals surface area (Å²) in [6, 6.07) is 0. The number of ketones is 1. The molecular weight excluding hydrogens is 224 g/mol. The van der Waals surface area contributed by atoms with Crippen molar-refractivity contribution in [2.24, 2.45) is 0 Å². The highest BCUT2D eigenvalue weighted by Crippen LogP contribution is 2.20. The number of carbonyl (C=O) groups is 1. The maximum atomic E-state index is 11.6. The van der Waals surface area contributed by atoms with Crippen LogP contribution < -0.4 is 0 Å². The highest BCUT2D eigenvalue weighted by atomic mass is 32.2. The molecule has 0 aromatic rings. The third-order valence-corrected chi connectivity index (χ3v) is 3.81. The van der Waals surface area contributed by atoms with Crippen LogP contribution in [0.15, 0.2) is 11.6 Å². The Labute approximate surface area is 97.8 Å². The van der Waals surface area contributed by atoms with Crippen LogP contribution in [-0.2, 0) is 14.6 Å². The van der Waals surface area contributed by atoms with Crippen molar-refractivity contribution in [3.63, 3.8) is 0 Å². The summed E-state index contributed by atoms with van der Waals surface area (Å²) >= 11 is 0. The first-order chi connectivity index (χ1) is 7.47. The van der Waals surface area contributed by atoms with Crippen molar-refractivity contribution < 1.29 is 13.2 Å². The number of carbonyl (C=O) groups excluding carboxylic acids is 1. The average molecular weight is 244 g/mol. The maximum Gasteiger partial charge on any atom is 0.147 e. The van der Waals surface area contributed by atoms with Crippen molar-refractivity contribution in [2.45, 2.75) is 44.9 Å². The molecule has 0 fully saturated rings. The van der Waals surface area contributed by atoms with Crippen molar-refractivity contribution in [1.82, 2.24) is 0 Å². The molecule has 1 aliphatic carbocycles. The maximum absolute atomic E-state index is 11.6. The summed E-state index contributed by atoms with van der Waals surface area (Å²) in [5, 5.41) is 0. The van der Waals surface area contributed by atoms with Crippen molar-refractivity contribution >= 4 is 15.6 Å². The quantitative estimate of drug-likeness (QED) is 0.673. The Balaban J connectivity index is 2.23. The monoisotopic (exact) mass is 244 g/mol. The van der Waals surface area contributed by atoms with E-state index in [1.54, 1.807) is 0 Å². The largest absolute Gasteiger partial charge is 0.299 e. The van der Waals surface area contributed by atoms with Gasteiger partial charge >= 0.3 is 0 Å². The second kappa shape index (κ2) is 6.18. The van der Waals surface area contributed by atoms with Crippen LogP contribution in [-0.4, -0.2) is 26.2 Å². The van der Waals surface area contributed by atoms with E-state index in [0.29, 0.717) is 19.3 Å². The Kier molecular flexibility index (Phi) is 5.19. The van der Waals surface area contributed by atoms with E-state index >= 15 is 0 Å². The van der Waals surface area contributed by atoms with E-state index in [9.17, 15) is 13.2 Å². The Morgan fingerprint density at radius 2 is 2.12 bits per heavy atom. The highest BCUT2D eigenvalue weighted by Gasteiger charge is 2.10. The first kappa shape index (κ1) is 13.4. The van der Waals surface area contributed by atoms with Gasteiger partial charge in [0.1, 0.15) is 15.6 Å². The van der Waals surface area contributed by atoms with Crippen LogP contribution in [0.25, 0.3) is 0 Å². The molecule has 0 unspecified atom stereocenters. The molecule has 0 radical (unpaired) electrons. The third-order valence-electron chi connectivity index (χ3n) is 2.78. The van der Waals surface area contributed by atoms with Gasteiger partial charge in [-0.05, 0) is 32.1 Å². The van der Waals surface area contributed by atoms with Gasteiger partial charge in [0.2, 0.25) is 0 Å². The van der Waals surface area contributed by atoms with E-state index in [4.69, 9.17) is 0 Å². The van der Waals surface area contributed by atoms with Crippen LogP contribution in [0, 0.1) is 0 Å². The van der Waals surface area contributed by atoms with Gasteiger partial charge in [-0.3, -0.25) is 4.79 Å². The van der Waals surface area contributed by atoms with Gasteiger partial charge < -0.3 is 0 Å². The van der Waals surface area contributed by atoms with Gasteiger partial charge in [0, 0.05) is 19.1 Å². The Morgan fingerprint density at radius 3 is 2.69 bits per heavy atom. The predicted molar refractivity (Wildman–Crippen MR) is 65.1 cm³/mol. The van der Waals surface area contributed by atoms with Crippen molar-refractivity contribution in [1.29, 1.82) is 0 Å². The standard InChI is InChI=1S/C12H20O3S/c1-16(14,15)9-5-8-12(13)10-11-6-3-2-4-7-11/h6H,2-5,7-10H2,1H3. The second-order valence-corrected chi connectivity index (χ2v) is 6.82. The molecule has 1 rings (SSSR count). The zero-order chi connectivity index (χ0) is 12.0. The van der Waals surface area contributed by atoms with Gasteiger partial charge in [0.05, 0.1) is 5.75 Å². The van der Waals surface area contributed by atoms with Crippen molar-refractivity contribution in [3.05, 3.63) is 11.6 Å². The summed E-state index contributed by atoms with van der Waals surface area (Å²) in [6.45, 7) is 0. The molecule has 1 aliphatic rings. The lowest BCUT2D eigenvalue weighted by Gasteiger charge is -2.11. The molecule has 0 spiro atoms. The molecule has 0 saturated carbocycles. The summed E-state index contributed by atoms with van der Waals surface area (Å²) in [5.41, 5.74) is 1.25. The SMILES string of the molecule is CS(=O)(=O)CCCC(=O)CC1=CCCCC1. The van der Waals surface area contributed by atoms with E-state index in [1.165, 1.54) is 24.7 Å². The fourth-order valence-corrected chi connectivity index (χ4v) is 2.61. The van der Waals surface area contributed by atoms with E-state index in [1.807, 2.05) is 0 Å². The second-order valence-electron chi connectivity index (χ2n) is 4.56. The van der Waals surface area contributed by atoms with Crippen molar-refractivity contribution in [3.8, 4) is 0 Å². The lowest BCUT2D eigenvalue weighted by Crippen LogP contribution is -2.07. The van der Waals surface area contributed by atoms with Crippen molar-refractivity contribution in [2.75, 3.05) is 12.0 Å². The number of hydrogen-bond donors (Lipinski definition) is 0. The number of hydrogen-bond acceptors (Lipinski definition) is 3. The third kappa shape index (κ3) is 6.05. The molecule has 16 heavy (non-hydrogen) atoms. The molecule has 3 nitrogen and oxygen atoms in total. The normalized spacial score (nSPS) is 16.9. The van der Waals surface area contributed by atoms with Crippen LogP contribution in [0.2, 0.25) is 0 Å². The zero-order valence-electron chi connectivity index (χ0n) is 9.87. The van der Waals surface area contributed by atoms with Crippen LogP contribution in [0.1, 0.15) is 44.9 Å². The first-order valence-electron chi connectivity index (χ1n) is 5.85. The molecule has 0 heterocycles. The Morgan fingerprint density at radius 1 is 1.38 bits per heavy atom. The Hall–Kier alpha value is -0.640. The molecule has 0 N–H and O–H groups in total. The van der Waals surface area contributed by atoms with E-state index in [2.05, 4.69) is 6.08 Å². The fourth-order valence-electron chi connectivity index (χ4n) is 1.94. The smallest absolute Gasteiger partial charge is 0.147 e. The first-order valence-corrected chi connectivity index (χ1v) is 7.91. The average Bonchev–Trinajstić information content (AvgIpc) is 2.17. The van der Waals surface area contributed by atoms with E-state index in [0.717, 1.165) is 12.8 Å². The fraction of sp³-hybridized carbons (Fsp3) is 0.750.